The number of phosphoric acid groups is 2. The molecule has 0 rings (SSSR count). The van der Waals surface area contributed by atoms with Crippen molar-refractivity contribution in [2.75, 3.05) is 39.6 Å². The minimum absolute atomic E-state index is 0.105. The lowest BCUT2D eigenvalue weighted by Gasteiger charge is -2.21. The van der Waals surface area contributed by atoms with Gasteiger partial charge in [-0.05, 0) is 49.4 Å². The van der Waals surface area contributed by atoms with E-state index in [4.69, 9.17) is 37.0 Å². The summed E-state index contributed by atoms with van der Waals surface area (Å²) in [4.78, 5) is 72.7. The van der Waals surface area contributed by atoms with E-state index in [1.165, 1.54) is 173 Å². The predicted molar refractivity (Wildman–Crippen MR) is 381 cm³/mol. The van der Waals surface area contributed by atoms with Crippen molar-refractivity contribution in [3.63, 3.8) is 0 Å². The van der Waals surface area contributed by atoms with Crippen molar-refractivity contribution in [2.45, 2.75) is 395 Å². The highest BCUT2D eigenvalue weighted by atomic mass is 31.2. The number of hydrogen-bond donors (Lipinski definition) is 3. The molecular weight excluding hydrogens is 1230 g/mol. The molecule has 2 unspecified atom stereocenters. The van der Waals surface area contributed by atoms with Crippen LogP contribution in [0.25, 0.3) is 0 Å². The molecule has 5 atom stereocenters. The minimum atomic E-state index is -4.96. The van der Waals surface area contributed by atoms with Crippen LogP contribution in [0.1, 0.15) is 376 Å². The van der Waals surface area contributed by atoms with Gasteiger partial charge in [-0.1, -0.05) is 325 Å². The number of ether oxygens (including phenoxy) is 4. The van der Waals surface area contributed by atoms with Gasteiger partial charge in [-0.25, -0.2) is 9.13 Å². The van der Waals surface area contributed by atoms with Crippen LogP contribution in [0.5, 0.6) is 0 Å². The van der Waals surface area contributed by atoms with Gasteiger partial charge in [-0.2, -0.15) is 0 Å². The van der Waals surface area contributed by atoms with E-state index in [0.29, 0.717) is 31.6 Å². The van der Waals surface area contributed by atoms with Crippen LogP contribution in [-0.2, 0) is 65.4 Å². The molecule has 0 aliphatic rings. The zero-order valence-corrected chi connectivity index (χ0v) is 63.4. The second-order valence-corrected chi connectivity index (χ2v) is 31.9. The summed E-state index contributed by atoms with van der Waals surface area (Å²) in [5, 5.41) is 10.6. The van der Waals surface area contributed by atoms with E-state index in [1.807, 2.05) is 0 Å². The Balaban J connectivity index is 5.24. The highest BCUT2D eigenvalue weighted by molar-refractivity contribution is 7.47. The Bertz CT molecular complexity index is 1850. The van der Waals surface area contributed by atoms with E-state index in [2.05, 4.69) is 55.4 Å². The fourth-order valence-electron chi connectivity index (χ4n) is 11.4. The molecule has 0 aliphatic carbocycles. The van der Waals surface area contributed by atoms with Crippen molar-refractivity contribution in [1.82, 2.24) is 0 Å². The summed E-state index contributed by atoms with van der Waals surface area (Å²) in [6, 6.07) is 0. The fourth-order valence-corrected chi connectivity index (χ4v) is 13.0. The molecule has 3 N–H and O–H groups in total. The van der Waals surface area contributed by atoms with Gasteiger partial charge in [0, 0.05) is 25.7 Å². The van der Waals surface area contributed by atoms with Gasteiger partial charge in [0.2, 0.25) is 0 Å². The molecule has 558 valence electrons. The van der Waals surface area contributed by atoms with Crippen LogP contribution in [-0.4, -0.2) is 96.7 Å². The van der Waals surface area contributed by atoms with Gasteiger partial charge in [-0.15, -0.1) is 0 Å². The molecule has 94 heavy (non-hydrogen) atoms. The Morgan fingerprint density at radius 1 is 0.266 bits per heavy atom. The van der Waals surface area contributed by atoms with E-state index in [0.717, 1.165) is 114 Å². The third-order valence-electron chi connectivity index (χ3n) is 17.3. The van der Waals surface area contributed by atoms with Crippen LogP contribution in [0.4, 0.5) is 0 Å². The summed E-state index contributed by atoms with van der Waals surface area (Å²) >= 11 is 0. The number of carbonyl (C=O) groups is 4. The van der Waals surface area contributed by atoms with Gasteiger partial charge < -0.3 is 33.8 Å². The highest BCUT2D eigenvalue weighted by Crippen LogP contribution is 2.45. The second-order valence-electron chi connectivity index (χ2n) is 28.9. The smallest absolute Gasteiger partial charge is 0.462 e. The third kappa shape index (κ3) is 68.6. The number of esters is 4. The first-order valence-electron chi connectivity index (χ1n) is 38.7. The number of unbranched alkanes of at least 4 members (excludes halogenated alkanes) is 38. The van der Waals surface area contributed by atoms with E-state index in [9.17, 15) is 43.2 Å². The Morgan fingerprint density at radius 3 is 0.660 bits per heavy atom. The topological polar surface area (TPSA) is 237 Å². The van der Waals surface area contributed by atoms with Crippen LogP contribution in [0.3, 0.4) is 0 Å². The molecule has 0 bridgehead atoms. The van der Waals surface area contributed by atoms with Crippen LogP contribution >= 0.6 is 15.6 Å². The number of aliphatic hydroxyl groups excluding tert-OH is 1. The Kier molecular flexibility index (Phi) is 63.1. The van der Waals surface area contributed by atoms with Crippen molar-refractivity contribution in [2.24, 2.45) is 23.7 Å². The summed E-state index contributed by atoms with van der Waals surface area (Å²) in [7, 11) is -9.91. The summed E-state index contributed by atoms with van der Waals surface area (Å²) in [6.45, 7) is 14.1. The minimum Gasteiger partial charge on any atom is -0.462 e. The average molecular weight is 1380 g/mol. The maximum Gasteiger partial charge on any atom is 0.472 e. The van der Waals surface area contributed by atoms with Crippen molar-refractivity contribution in [3.05, 3.63) is 0 Å². The summed E-state index contributed by atoms with van der Waals surface area (Å²) in [5.74, 6) is 0.888. The molecule has 0 amide bonds. The first-order chi connectivity index (χ1) is 45.1. The van der Waals surface area contributed by atoms with E-state index in [-0.39, 0.29) is 25.7 Å². The molecule has 0 spiro atoms. The number of aliphatic hydroxyl groups is 1. The lowest BCUT2D eigenvalue weighted by atomic mass is 10.0. The van der Waals surface area contributed by atoms with Crippen molar-refractivity contribution in [3.8, 4) is 0 Å². The molecule has 0 radical (unpaired) electrons. The standard InChI is InChI=1S/C75H146O17P2/c1-65(2)51-43-35-27-21-15-11-9-10-12-18-25-31-41-49-57-74(79)91-70(61-85-72(77)55-47-39-30-24-19-13-16-22-28-36-44-52-66(3)4)63-89-93(81,82)87-59-69(76)60-88-94(83,84)90-64-71(62-86-73(78)56-48-40-34-33-38-46-54-68(7)8)92-75(80)58-50-42-32-26-20-14-17-23-29-37-45-53-67(5)6/h65-71,76H,9-64H2,1-8H3,(H,81,82)(H,83,84)/t69-,70-,71-/m1/s1. The van der Waals surface area contributed by atoms with Crippen LogP contribution in [0.2, 0.25) is 0 Å². The maximum absolute atomic E-state index is 13.1. The summed E-state index contributed by atoms with van der Waals surface area (Å²) in [5.41, 5.74) is 0. The number of phosphoric ester groups is 2. The number of hydrogen-bond acceptors (Lipinski definition) is 15. The number of carbonyl (C=O) groups excluding carboxylic acids is 4. The zero-order chi connectivity index (χ0) is 69.6. The molecule has 0 aromatic heterocycles. The molecule has 0 heterocycles. The second kappa shape index (κ2) is 64.4. The first kappa shape index (κ1) is 92.1. The molecule has 17 nitrogen and oxygen atoms in total. The number of rotatable bonds is 72. The molecule has 0 aromatic rings. The predicted octanol–water partition coefficient (Wildman–Crippen LogP) is 21.7. The third-order valence-corrected chi connectivity index (χ3v) is 19.2. The van der Waals surface area contributed by atoms with Crippen LogP contribution < -0.4 is 0 Å². The molecule has 0 saturated carbocycles. The SMILES string of the molecule is CC(C)CCCCCCCCCCCCCCCCC(=O)O[C@H](COC(=O)CCCCCCCCCCCCCC(C)C)COP(=O)(O)OC[C@@H](O)COP(=O)(O)OC[C@@H](COC(=O)CCCCCCCCC(C)C)OC(=O)CCCCCCCCCCCCCC(C)C. The highest BCUT2D eigenvalue weighted by Gasteiger charge is 2.30. The van der Waals surface area contributed by atoms with Gasteiger partial charge in [0.15, 0.2) is 12.2 Å². The first-order valence-corrected chi connectivity index (χ1v) is 41.7. The fraction of sp³-hybridized carbons (Fsp3) is 0.947. The average Bonchev–Trinajstić information content (AvgIpc) is 1.91. The van der Waals surface area contributed by atoms with Crippen molar-refractivity contribution < 1.29 is 80.2 Å². The normalized spacial score (nSPS) is 14.2. The lowest BCUT2D eigenvalue weighted by molar-refractivity contribution is -0.161. The quantitative estimate of drug-likeness (QED) is 0.0222. The van der Waals surface area contributed by atoms with Gasteiger partial charge >= 0.3 is 39.5 Å². The van der Waals surface area contributed by atoms with Gasteiger partial charge in [0.1, 0.15) is 19.3 Å². The summed E-state index contributed by atoms with van der Waals surface area (Å²) < 4.78 is 68.5. The molecule has 0 aliphatic heterocycles. The Morgan fingerprint density at radius 2 is 0.447 bits per heavy atom. The van der Waals surface area contributed by atoms with E-state index >= 15 is 0 Å². The van der Waals surface area contributed by atoms with Gasteiger partial charge in [0.25, 0.3) is 0 Å². The van der Waals surface area contributed by atoms with Crippen LogP contribution in [0, 0.1) is 23.7 Å². The largest absolute Gasteiger partial charge is 0.472 e. The molecule has 0 saturated heterocycles. The van der Waals surface area contributed by atoms with Crippen molar-refractivity contribution >= 4 is 39.5 Å². The summed E-state index contributed by atoms with van der Waals surface area (Å²) in [6.07, 6.45) is 48.7. The monoisotopic (exact) mass is 1380 g/mol. The molecule has 0 fully saturated rings. The Labute approximate surface area is 575 Å². The van der Waals surface area contributed by atoms with Gasteiger partial charge in [0.05, 0.1) is 26.4 Å². The molecule has 0 aromatic carbocycles. The molecule has 19 heteroatoms. The maximum atomic E-state index is 13.1. The zero-order valence-electron chi connectivity index (χ0n) is 61.6. The Hall–Kier alpha value is -1.94. The van der Waals surface area contributed by atoms with Gasteiger partial charge in [-0.3, -0.25) is 37.3 Å². The molecular formula is C75H146O17P2. The van der Waals surface area contributed by atoms with E-state index in [1.54, 1.807) is 0 Å². The van der Waals surface area contributed by atoms with Crippen molar-refractivity contribution in [1.29, 1.82) is 0 Å². The van der Waals surface area contributed by atoms with Crippen LogP contribution in [0.15, 0.2) is 0 Å². The lowest BCUT2D eigenvalue weighted by Crippen LogP contribution is -2.30. The van der Waals surface area contributed by atoms with E-state index < -0.39 is 97.5 Å².